The number of hydrogen-bond donors (Lipinski definition) is 3. The summed E-state index contributed by atoms with van der Waals surface area (Å²) in [7, 11) is 1.91. The summed E-state index contributed by atoms with van der Waals surface area (Å²) >= 11 is 0. The second-order valence-electron chi connectivity index (χ2n) is 5.37. The molecule has 6 heteroatoms. The van der Waals surface area contributed by atoms with E-state index in [4.69, 9.17) is 9.47 Å². The molecule has 0 spiro atoms. The molecule has 3 N–H and O–H groups in total. The maximum Gasteiger partial charge on any atom is 0.275 e. The number of rotatable bonds is 5. The molecule has 0 saturated heterocycles. The predicted molar refractivity (Wildman–Crippen MR) is 73.0 cm³/mol. The molecule has 20 heavy (non-hydrogen) atoms. The number of quaternary nitrogens is 1. The molecule has 1 aliphatic heterocycles. The normalized spacial score (nSPS) is 14.4. The Balaban J connectivity index is 1.97. The van der Waals surface area contributed by atoms with Crippen molar-refractivity contribution in [3.05, 3.63) is 17.7 Å². The number of aromatic hydroxyl groups is 1. The van der Waals surface area contributed by atoms with Crippen LogP contribution in [-0.2, 0) is 11.3 Å². The Bertz CT molecular complexity index is 502. The topological polar surface area (TPSA) is 72.2 Å². The lowest BCUT2D eigenvalue weighted by atomic mass is 10.1. The largest absolute Gasteiger partial charge is 0.507 e. The highest BCUT2D eigenvalue weighted by Gasteiger charge is 2.19. The molecule has 0 fully saturated rings. The van der Waals surface area contributed by atoms with Gasteiger partial charge < -0.3 is 24.8 Å². The second-order valence-corrected chi connectivity index (χ2v) is 5.37. The molecule has 0 aliphatic carbocycles. The van der Waals surface area contributed by atoms with Gasteiger partial charge in [-0.25, -0.2) is 0 Å². The van der Waals surface area contributed by atoms with Gasteiger partial charge in [-0.2, -0.15) is 0 Å². The lowest BCUT2D eigenvalue weighted by Crippen LogP contribution is -3.08. The van der Waals surface area contributed by atoms with E-state index in [9.17, 15) is 9.90 Å². The van der Waals surface area contributed by atoms with Gasteiger partial charge in [-0.15, -0.1) is 0 Å². The fourth-order valence-corrected chi connectivity index (χ4v) is 2.15. The standard InChI is InChI=1S/C14H20N2O4/c1-9(2)15-14(18)7-16(3)6-10-4-12-13(5-11(10)17)20-8-19-12/h4-5,9,17H,6-8H2,1-3H3,(H,15,18)/p+1. The first-order valence-electron chi connectivity index (χ1n) is 6.68. The van der Waals surface area contributed by atoms with Gasteiger partial charge in [-0.05, 0) is 19.9 Å². The van der Waals surface area contributed by atoms with Crippen molar-refractivity contribution in [1.29, 1.82) is 0 Å². The summed E-state index contributed by atoms with van der Waals surface area (Å²) in [4.78, 5) is 12.7. The average Bonchev–Trinajstić information content (AvgIpc) is 2.74. The van der Waals surface area contributed by atoms with Crippen molar-refractivity contribution < 1.29 is 24.3 Å². The van der Waals surface area contributed by atoms with Gasteiger partial charge in [0.25, 0.3) is 5.91 Å². The van der Waals surface area contributed by atoms with Crippen LogP contribution in [0.1, 0.15) is 19.4 Å². The van der Waals surface area contributed by atoms with Crippen LogP contribution in [0.4, 0.5) is 0 Å². The Hall–Kier alpha value is -1.95. The van der Waals surface area contributed by atoms with Crippen molar-refractivity contribution in [3.8, 4) is 17.2 Å². The van der Waals surface area contributed by atoms with Gasteiger partial charge in [0.05, 0.1) is 12.6 Å². The number of fused-ring (bicyclic) bond motifs is 1. The number of phenols is 1. The van der Waals surface area contributed by atoms with Crippen molar-refractivity contribution in [3.63, 3.8) is 0 Å². The van der Waals surface area contributed by atoms with Gasteiger partial charge in [-0.1, -0.05) is 0 Å². The molecule has 1 heterocycles. The fourth-order valence-electron chi connectivity index (χ4n) is 2.15. The summed E-state index contributed by atoms with van der Waals surface area (Å²) in [5.41, 5.74) is 0.740. The van der Waals surface area contributed by atoms with Crippen LogP contribution in [0.15, 0.2) is 12.1 Å². The lowest BCUT2D eigenvalue weighted by Gasteiger charge is -2.16. The van der Waals surface area contributed by atoms with Crippen molar-refractivity contribution in [2.75, 3.05) is 20.4 Å². The van der Waals surface area contributed by atoms with Crippen LogP contribution >= 0.6 is 0 Å². The van der Waals surface area contributed by atoms with Gasteiger partial charge in [0.1, 0.15) is 12.3 Å². The summed E-state index contributed by atoms with van der Waals surface area (Å²) in [6.07, 6.45) is 0. The van der Waals surface area contributed by atoms with Gasteiger partial charge in [0.15, 0.2) is 18.0 Å². The minimum absolute atomic E-state index is 0.00210. The van der Waals surface area contributed by atoms with Crippen LogP contribution in [0.2, 0.25) is 0 Å². The Kier molecular flexibility index (Phi) is 4.34. The van der Waals surface area contributed by atoms with Crippen molar-refractivity contribution in [2.24, 2.45) is 0 Å². The summed E-state index contributed by atoms with van der Waals surface area (Å²) < 4.78 is 10.5. The molecule has 6 nitrogen and oxygen atoms in total. The van der Waals surface area contributed by atoms with E-state index in [0.29, 0.717) is 24.6 Å². The van der Waals surface area contributed by atoms with E-state index in [1.807, 2.05) is 20.9 Å². The second kappa shape index (κ2) is 6.00. The van der Waals surface area contributed by atoms with Crippen LogP contribution < -0.4 is 19.7 Å². The highest BCUT2D eigenvalue weighted by Crippen LogP contribution is 2.37. The minimum atomic E-state index is -0.00210. The van der Waals surface area contributed by atoms with Gasteiger partial charge in [-0.3, -0.25) is 4.79 Å². The Morgan fingerprint density at radius 2 is 2.05 bits per heavy atom. The zero-order valence-corrected chi connectivity index (χ0v) is 12.0. The summed E-state index contributed by atoms with van der Waals surface area (Å²) in [5, 5.41) is 12.8. The third-order valence-electron chi connectivity index (χ3n) is 2.98. The Labute approximate surface area is 118 Å². The molecule has 110 valence electrons. The average molecular weight is 281 g/mol. The number of carbonyl (C=O) groups excluding carboxylic acids is 1. The predicted octanol–water partition coefficient (Wildman–Crippen LogP) is -0.340. The molecule has 1 aromatic carbocycles. The summed E-state index contributed by atoms with van der Waals surface area (Å²) in [6.45, 7) is 4.92. The number of likely N-dealkylation sites (N-methyl/N-ethyl adjacent to an activating group) is 1. The molecule has 2 rings (SSSR count). The first kappa shape index (κ1) is 14.5. The fraction of sp³-hybridized carbons (Fsp3) is 0.500. The number of benzene rings is 1. The van der Waals surface area contributed by atoms with E-state index in [1.165, 1.54) is 0 Å². The van der Waals surface area contributed by atoms with Gasteiger partial charge >= 0.3 is 0 Å². The van der Waals surface area contributed by atoms with E-state index in [2.05, 4.69) is 5.32 Å². The maximum atomic E-state index is 11.7. The van der Waals surface area contributed by atoms with Crippen molar-refractivity contribution in [2.45, 2.75) is 26.4 Å². The number of nitrogens with one attached hydrogen (secondary N) is 2. The number of carbonyl (C=O) groups is 1. The smallest absolute Gasteiger partial charge is 0.275 e. The van der Waals surface area contributed by atoms with Crippen LogP contribution in [-0.4, -0.2) is 37.4 Å². The molecule has 0 aromatic heterocycles. The van der Waals surface area contributed by atoms with Crippen LogP contribution in [0, 0.1) is 0 Å². The molecule has 0 saturated carbocycles. The molecule has 1 atom stereocenters. The molecule has 0 radical (unpaired) electrons. The monoisotopic (exact) mass is 281 g/mol. The SMILES string of the molecule is CC(C)NC(=O)C[NH+](C)Cc1cc2c(cc1O)OCO2. The van der Waals surface area contributed by atoms with E-state index >= 15 is 0 Å². The quantitative estimate of drug-likeness (QED) is 0.690. The number of ether oxygens (including phenoxy) is 2. The molecular weight excluding hydrogens is 260 g/mol. The highest BCUT2D eigenvalue weighted by atomic mass is 16.7. The third-order valence-corrected chi connectivity index (χ3v) is 2.98. The Morgan fingerprint density at radius 1 is 1.40 bits per heavy atom. The van der Waals surface area contributed by atoms with Crippen molar-refractivity contribution in [1.82, 2.24) is 5.32 Å². The number of amides is 1. The highest BCUT2D eigenvalue weighted by molar-refractivity contribution is 5.77. The van der Waals surface area contributed by atoms with Gasteiger partial charge in [0.2, 0.25) is 6.79 Å². The van der Waals surface area contributed by atoms with E-state index in [0.717, 1.165) is 10.5 Å². The van der Waals surface area contributed by atoms with Crippen LogP contribution in [0.25, 0.3) is 0 Å². The first-order chi connectivity index (χ1) is 9.45. The van der Waals surface area contributed by atoms with E-state index in [-0.39, 0.29) is 24.5 Å². The van der Waals surface area contributed by atoms with E-state index < -0.39 is 0 Å². The third kappa shape index (κ3) is 3.54. The molecule has 1 aliphatic rings. The summed E-state index contributed by atoms with van der Waals surface area (Å²) in [6, 6.07) is 3.45. The maximum absolute atomic E-state index is 11.7. The molecule has 1 aromatic rings. The zero-order valence-electron chi connectivity index (χ0n) is 12.0. The van der Waals surface area contributed by atoms with E-state index in [1.54, 1.807) is 12.1 Å². The minimum Gasteiger partial charge on any atom is -0.507 e. The molecule has 0 bridgehead atoms. The first-order valence-corrected chi connectivity index (χ1v) is 6.68. The molecule has 1 amide bonds. The van der Waals surface area contributed by atoms with Crippen LogP contribution in [0.5, 0.6) is 17.2 Å². The molecular formula is C14H21N2O4+. The lowest BCUT2D eigenvalue weighted by molar-refractivity contribution is -0.885. The van der Waals surface area contributed by atoms with Crippen LogP contribution in [0.3, 0.4) is 0 Å². The van der Waals surface area contributed by atoms with Gasteiger partial charge in [0, 0.05) is 12.1 Å². The number of phenolic OH excluding ortho intramolecular Hbond substituents is 1. The molecule has 1 unspecified atom stereocenters. The van der Waals surface area contributed by atoms with Crippen molar-refractivity contribution >= 4 is 5.91 Å². The Morgan fingerprint density at radius 3 is 2.70 bits per heavy atom. The number of hydrogen-bond acceptors (Lipinski definition) is 4. The zero-order chi connectivity index (χ0) is 14.7. The summed E-state index contributed by atoms with van der Waals surface area (Å²) in [5.74, 6) is 1.36.